The van der Waals surface area contributed by atoms with Crippen LogP contribution in [0.1, 0.15) is 19.4 Å². The predicted octanol–water partition coefficient (Wildman–Crippen LogP) is 3.37. The van der Waals surface area contributed by atoms with Crippen molar-refractivity contribution in [3.8, 4) is 5.75 Å². The topological polar surface area (TPSA) is 35.2 Å². The van der Waals surface area contributed by atoms with E-state index >= 15 is 0 Å². The van der Waals surface area contributed by atoms with E-state index in [0.29, 0.717) is 5.92 Å². The molecule has 0 radical (unpaired) electrons. The molecule has 78 valence electrons. The second-order valence-corrected chi connectivity index (χ2v) is 4.70. The number of halogens is 1. The maximum absolute atomic E-state index is 5.76. The van der Waals surface area contributed by atoms with E-state index in [1.165, 1.54) is 0 Å². The molecule has 14 heavy (non-hydrogen) atoms. The van der Waals surface area contributed by atoms with Crippen LogP contribution in [0.2, 0.25) is 0 Å². The molecule has 0 bridgehead atoms. The molecule has 1 aromatic carbocycles. The zero-order valence-electron chi connectivity index (χ0n) is 8.80. The third-order valence-electron chi connectivity index (χ3n) is 1.89. The number of rotatable bonds is 3. The van der Waals surface area contributed by atoms with Crippen LogP contribution in [0.25, 0.3) is 0 Å². The van der Waals surface area contributed by atoms with Gasteiger partial charge in [-0.2, -0.15) is 0 Å². The fourth-order valence-corrected chi connectivity index (χ4v) is 1.51. The van der Waals surface area contributed by atoms with Gasteiger partial charge in [0.1, 0.15) is 5.75 Å². The van der Waals surface area contributed by atoms with E-state index in [-0.39, 0.29) is 0 Å². The average molecular weight is 258 g/mol. The number of nitrogen functional groups attached to an aromatic ring is 1. The number of benzene rings is 1. The molecule has 0 atom stereocenters. The van der Waals surface area contributed by atoms with Gasteiger partial charge in [0.15, 0.2) is 0 Å². The first-order valence-electron chi connectivity index (χ1n) is 4.69. The molecular weight excluding hydrogens is 242 g/mol. The number of anilines is 1. The van der Waals surface area contributed by atoms with Crippen molar-refractivity contribution in [1.29, 1.82) is 0 Å². The van der Waals surface area contributed by atoms with Gasteiger partial charge in [-0.25, -0.2) is 0 Å². The monoisotopic (exact) mass is 257 g/mol. The summed E-state index contributed by atoms with van der Waals surface area (Å²) >= 11 is 3.43. The van der Waals surface area contributed by atoms with Gasteiger partial charge in [-0.15, -0.1) is 0 Å². The van der Waals surface area contributed by atoms with Crippen molar-refractivity contribution in [3.05, 3.63) is 22.2 Å². The normalized spacial score (nSPS) is 10.6. The standard InChI is InChI=1S/C11H16BrNO/c1-7(2)6-14-11-4-8(3)10(13)5-9(11)12/h4-5,7H,6,13H2,1-3H3. The molecule has 0 aliphatic carbocycles. The number of aryl methyl sites for hydroxylation is 1. The van der Waals surface area contributed by atoms with Crippen LogP contribution in [0.4, 0.5) is 5.69 Å². The van der Waals surface area contributed by atoms with E-state index in [0.717, 1.165) is 28.1 Å². The number of hydrogen-bond donors (Lipinski definition) is 1. The molecule has 0 aliphatic heterocycles. The Morgan fingerprint density at radius 1 is 1.43 bits per heavy atom. The molecule has 1 aromatic rings. The van der Waals surface area contributed by atoms with Crippen molar-refractivity contribution in [2.24, 2.45) is 5.92 Å². The summed E-state index contributed by atoms with van der Waals surface area (Å²) < 4.78 is 6.55. The summed E-state index contributed by atoms with van der Waals surface area (Å²) in [6, 6.07) is 3.84. The van der Waals surface area contributed by atoms with Crippen LogP contribution < -0.4 is 10.5 Å². The lowest BCUT2D eigenvalue weighted by atomic mass is 10.2. The lowest BCUT2D eigenvalue weighted by Gasteiger charge is -2.12. The summed E-state index contributed by atoms with van der Waals surface area (Å²) in [4.78, 5) is 0. The zero-order valence-corrected chi connectivity index (χ0v) is 10.4. The van der Waals surface area contributed by atoms with E-state index in [4.69, 9.17) is 10.5 Å². The summed E-state index contributed by atoms with van der Waals surface area (Å²) in [5, 5.41) is 0. The smallest absolute Gasteiger partial charge is 0.133 e. The Balaban J connectivity index is 2.82. The van der Waals surface area contributed by atoms with E-state index < -0.39 is 0 Å². The molecule has 0 amide bonds. The SMILES string of the molecule is Cc1cc(OCC(C)C)c(Br)cc1N. The summed E-state index contributed by atoms with van der Waals surface area (Å²) in [7, 11) is 0. The van der Waals surface area contributed by atoms with Gasteiger partial charge in [0.05, 0.1) is 11.1 Å². The molecule has 0 saturated carbocycles. The Morgan fingerprint density at radius 3 is 2.64 bits per heavy atom. The fourth-order valence-electron chi connectivity index (χ4n) is 1.04. The highest BCUT2D eigenvalue weighted by Crippen LogP contribution is 2.29. The maximum atomic E-state index is 5.76. The molecule has 0 aromatic heterocycles. The highest BCUT2D eigenvalue weighted by atomic mass is 79.9. The minimum atomic E-state index is 0.528. The third kappa shape index (κ3) is 2.91. The molecule has 0 unspecified atom stereocenters. The first kappa shape index (κ1) is 11.4. The van der Waals surface area contributed by atoms with Crippen molar-refractivity contribution < 1.29 is 4.74 Å². The van der Waals surface area contributed by atoms with Gasteiger partial charge in [0.2, 0.25) is 0 Å². The van der Waals surface area contributed by atoms with Gasteiger partial charge in [-0.05, 0) is 46.5 Å². The Labute approximate surface area is 93.6 Å². The van der Waals surface area contributed by atoms with E-state index in [1.807, 2.05) is 19.1 Å². The van der Waals surface area contributed by atoms with Crippen LogP contribution in [-0.2, 0) is 0 Å². The summed E-state index contributed by atoms with van der Waals surface area (Å²) in [6.07, 6.45) is 0. The minimum absolute atomic E-state index is 0.528. The Hall–Kier alpha value is -0.700. The van der Waals surface area contributed by atoms with Crippen LogP contribution in [0.15, 0.2) is 16.6 Å². The second-order valence-electron chi connectivity index (χ2n) is 3.84. The largest absolute Gasteiger partial charge is 0.492 e. The van der Waals surface area contributed by atoms with Gasteiger partial charge in [0, 0.05) is 5.69 Å². The number of ether oxygens (including phenoxy) is 1. The average Bonchev–Trinajstić information content (AvgIpc) is 2.09. The molecule has 3 heteroatoms. The van der Waals surface area contributed by atoms with Gasteiger partial charge in [-0.1, -0.05) is 13.8 Å². The first-order chi connectivity index (χ1) is 6.50. The number of nitrogens with two attached hydrogens (primary N) is 1. The van der Waals surface area contributed by atoms with Crippen molar-refractivity contribution >= 4 is 21.6 Å². The van der Waals surface area contributed by atoms with Gasteiger partial charge < -0.3 is 10.5 Å². The first-order valence-corrected chi connectivity index (χ1v) is 5.48. The predicted molar refractivity (Wildman–Crippen MR) is 63.6 cm³/mol. The van der Waals surface area contributed by atoms with E-state index in [1.54, 1.807) is 0 Å². The molecule has 0 spiro atoms. The van der Waals surface area contributed by atoms with E-state index in [9.17, 15) is 0 Å². The molecule has 1 rings (SSSR count). The van der Waals surface area contributed by atoms with Crippen LogP contribution in [-0.4, -0.2) is 6.61 Å². The Kier molecular flexibility index (Phi) is 3.81. The quantitative estimate of drug-likeness (QED) is 0.843. The lowest BCUT2D eigenvalue weighted by Crippen LogP contribution is -2.05. The highest BCUT2D eigenvalue weighted by Gasteiger charge is 2.05. The summed E-state index contributed by atoms with van der Waals surface area (Å²) in [6.45, 7) is 6.95. The molecule has 2 N–H and O–H groups in total. The molecule has 0 aliphatic rings. The summed E-state index contributed by atoms with van der Waals surface area (Å²) in [5.41, 5.74) is 7.59. The molecule has 0 saturated heterocycles. The molecule has 0 fully saturated rings. The maximum Gasteiger partial charge on any atom is 0.133 e. The molecular formula is C11H16BrNO. The van der Waals surface area contributed by atoms with Crippen LogP contribution >= 0.6 is 15.9 Å². The van der Waals surface area contributed by atoms with Gasteiger partial charge >= 0.3 is 0 Å². The van der Waals surface area contributed by atoms with Crippen LogP contribution in [0, 0.1) is 12.8 Å². The van der Waals surface area contributed by atoms with Crippen LogP contribution in [0.3, 0.4) is 0 Å². The van der Waals surface area contributed by atoms with Crippen LogP contribution in [0.5, 0.6) is 5.75 Å². The minimum Gasteiger partial charge on any atom is -0.492 e. The molecule has 2 nitrogen and oxygen atoms in total. The third-order valence-corrected chi connectivity index (χ3v) is 2.51. The lowest BCUT2D eigenvalue weighted by molar-refractivity contribution is 0.269. The Bertz CT molecular complexity index is 323. The zero-order chi connectivity index (χ0) is 10.7. The molecule has 0 heterocycles. The van der Waals surface area contributed by atoms with Crippen molar-refractivity contribution in [2.45, 2.75) is 20.8 Å². The highest BCUT2D eigenvalue weighted by molar-refractivity contribution is 9.10. The van der Waals surface area contributed by atoms with Crippen molar-refractivity contribution in [3.63, 3.8) is 0 Å². The van der Waals surface area contributed by atoms with E-state index in [2.05, 4.69) is 29.8 Å². The van der Waals surface area contributed by atoms with Crippen molar-refractivity contribution in [2.75, 3.05) is 12.3 Å². The number of hydrogen-bond acceptors (Lipinski definition) is 2. The van der Waals surface area contributed by atoms with Gasteiger partial charge in [-0.3, -0.25) is 0 Å². The summed E-state index contributed by atoms with van der Waals surface area (Å²) in [5.74, 6) is 1.39. The van der Waals surface area contributed by atoms with Crippen molar-refractivity contribution in [1.82, 2.24) is 0 Å². The van der Waals surface area contributed by atoms with Gasteiger partial charge in [0.25, 0.3) is 0 Å². The second kappa shape index (κ2) is 4.69. The fraction of sp³-hybridized carbons (Fsp3) is 0.455. The Morgan fingerprint density at radius 2 is 2.07 bits per heavy atom.